The maximum absolute atomic E-state index is 12.4. The normalized spacial score (nSPS) is 31.2. The lowest BCUT2D eigenvalue weighted by Gasteiger charge is -2.26. The molecule has 3 aliphatic rings. The SMILES string of the molecule is O=C([C@H]1CCC[C@@H]1C(=O)N1CCCN1)N1CCCN1. The summed E-state index contributed by atoms with van der Waals surface area (Å²) in [6, 6.07) is 0. The van der Waals surface area contributed by atoms with Gasteiger partial charge in [-0.1, -0.05) is 6.42 Å². The van der Waals surface area contributed by atoms with Crippen molar-refractivity contribution in [2.75, 3.05) is 26.2 Å². The molecule has 3 rings (SSSR count). The minimum absolute atomic E-state index is 0.118. The monoisotopic (exact) mass is 266 g/mol. The van der Waals surface area contributed by atoms with Gasteiger partial charge in [0.15, 0.2) is 0 Å². The molecule has 0 aromatic carbocycles. The lowest BCUT2D eigenvalue weighted by atomic mass is 9.94. The van der Waals surface area contributed by atoms with Crippen molar-refractivity contribution >= 4 is 11.8 Å². The number of hydrazine groups is 2. The van der Waals surface area contributed by atoms with Crippen molar-refractivity contribution in [3.8, 4) is 0 Å². The van der Waals surface area contributed by atoms with E-state index < -0.39 is 0 Å². The summed E-state index contributed by atoms with van der Waals surface area (Å²) in [5, 5.41) is 3.43. The van der Waals surface area contributed by atoms with Gasteiger partial charge >= 0.3 is 0 Å². The quantitative estimate of drug-likeness (QED) is 0.731. The zero-order valence-electron chi connectivity index (χ0n) is 11.2. The summed E-state index contributed by atoms with van der Waals surface area (Å²) in [4.78, 5) is 24.9. The fraction of sp³-hybridized carbons (Fsp3) is 0.846. The lowest BCUT2D eigenvalue weighted by molar-refractivity contribution is -0.146. The highest BCUT2D eigenvalue weighted by molar-refractivity contribution is 5.88. The Morgan fingerprint density at radius 1 is 0.789 bits per heavy atom. The first-order valence-electron chi connectivity index (χ1n) is 7.37. The van der Waals surface area contributed by atoms with Crippen molar-refractivity contribution in [1.82, 2.24) is 20.9 Å². The summed E-state index contributed by atoms with van der Waals surface area (Å²) in [5.41, 5.74) is 6.21. The molecule has 106 valence electrons. The summed E-state index contributed by atoms with van der Waals surface area (Å²) in [5.74, 6) is -0.0129. The van der Waals surface area contributed by atoms with Crippen molar-refractivity contribution in [1.29, 1.82) is 0 Å². The van der Waals surface area contributed by atoms with Crippen LogP contribution in [0.25, 0.3) is 0 Å². The predicted molar refractivity (Wildman–Crippen MR) is 69.5 cm³/mol. The van der Waals surface area contributed by atoms with Gasteiger partial charge in [0.05, 0.1) is 11.8 Å². The molecule has 2 N–H and O–H groups in total. The van der Waals surface area contributed by atoms with E-state index >= 15 is 0 Å². The van der Waals surface area contributed by atoms with E-state index in [1.54, 1.807) is 10.0 Å². The first-order valence-corrected chi connectivity index (χ1v) is 7.37. The third-order valence-corrected chi connectivity index (χ3v) is 4.40. The third kappa shape index (κ3) is 2.47. The van der Waals surface area contributed by atoms with E-state index in [9.17, 15) is 9.59 Å². The summed E-state index contributed by atoms with van der Waals surface area (Å²) < 4.78 is 0. The second kappa shape index (κ2) is 5.46. The Labute approximate surface area is 113 Å². The number of rotatable bonds is 2. The largest absolute Gasteiger partial charge is 0.278 e. The van der Waals surface area contributed by atoms with Crippen LogP contribution in [0.5, 0.6) is 0 Å². The Morgan fingerprint density at radius 2 is 1.26 bits per heavy atom. The van der Waals surface area contributed by atoms with Crippen LogP contribution in [0, 0.1) is 11.8 Å². The van der Waals surface area contributed by atoms with E-state index in [1.807, 2.05) is 0 Å². The van der Waals surface area contributed by atoms with Crippen LogP contribution >= 0.6 is 0 Å². The number of carbonyl (C=O) groups is 2. The van der Waals surface area contributed by atoms with Crippen LogP contribution in [0.3, 0.4) is 0 Å². The van der Waals surface area contributed by atoms with Gasteiger partial charge in [0, 0.05) is 26.2 Å². The molecule has 2 saturated heterocycles. The second-order valence-electron chi connectivity index (χ2n) is 5.65. The Bertz CT molecular complexity index is 328. The Hall–Kier alpha value is -1.14. The van der Waals surface area contributed by atoms with Gasteiger partial charge in [-0.15, -0.1) is 0 Å². The van der Waals surface area contributed by atoms with Crippen LogP contribution in [0.2, 0.25) is 0 Å². The zero-order valence-corrected chi connectivity index (χ0v) is 11.2. The molecule has 2 amide bonds. The highest BCUT2D eigenvalue weighted by Gasteiger charge is 2.42. The minimum atomic E-state index is -0.125. The topological polar surface area (TPSA) is 64.7 Å². The Balaban J connectivity index is 1.66. The first-order chi connectivity index (χ1) is 9.27. The lowest BCUT2D eigenvalue weighted by Crippen LogP contribution is -2.47. The van der Waals surface area contributed by atoms with Crippen molar-refractivity contribution in [2.45, 2.75) is 32.1 Å². The predicted octanol–water partition coefficient (Wildman–Crippen LogP) is -0.123. The number of carbonyl (C=O) groups excluding carboxylic acids is 2. The smallest absolute Gasteiger partial charge is 0.240 e. The Kier molecular flexibility index (Phi) is 3.70. The molecule has 2 aliphatic heterocycles. The van der Waals surface area contributed by atoms with Gasteiger partial charge < -0.3 is 0 Å². The van der Waals surface area contributed by atoms with E-state index in [1.165, 1.54) is 0 Å². The van der Waals surface area contributed by atoms with Crippen molar-refractivity contribution in [2.24, 2.45) is 11.8 Å². The molecule has 2 atom stereocenters. The maximum Gasteiger partial charge on any atom is 0.240 e. The maximum atomic E-state index is 12.4. The zero-order chi connectivity index (χ0) is 13.2. The van der Waals surface area contributed by atoms with E-state index in [-0.39, 0.29) is 23.7 Å². The van der Waals surface area contributed by atoms with Gasteiger partial charge in [-0.2, -0.15) is 0 Å². The molecule has 19 heavy (non-hydrogen) atoms. The van der Waals surface area contributed by atoms with Gasteiger partial charge in [-0.25, -0.2) is 10.9 Å². The molecule has 6 nitrogen and oxygen atoms in total. The summed E-state index contributed by atoms with van der Waals surface area (Å²) in [7, 11) is 0. The van der Waals surface area contributed by atoms with Gasteiger partial charge in [0.2, 0.25) is 11.8 Å². The molecule has 3 fully saturated rings. The average Bonchev–Trinajstić information content (AvgIpc) is 3.16. The van der Waals surface area contributed by atoms with Crippen LogP contribution in [0.15, 0.2) is 0 Å². The molecule has 6 heteroatoms. The summed E-state index contributed by atoms with van der Waals surface area (Å²) >= 11 is 0. The molecular weight excluding hydrogens is 244 g/mol. The number of nitrogens with zero attached hydrogens (tertiary/aromatic N) is 2. The van der Waals surface area contributed by atoms with E-state index in [0.29, 0.717) is 0 Å². The standard InChI is InChI=1S/C13H22N4O2/c18-12(16-8-2-6-14-16)10-4-1-5-11(10)13(19)17-9-3-7-15-17/h10-11,14-15H,1-9H2/t10-,11-/m0/s1. The molecule has 0 aromatic heterocycles. The van der Waals surface area contributed by atoms with E-state index in [2.05, 4.69) is 10.9 Å². The van der Waals surface area contributed by atoms with Gasteiger partial charge in [0.1, 0.15) is 0 Å². The number of hydrogen-bond donors (Lipinski definition) is 2. The number of hydrogen-bond acceptors (Lipinski definition) is 4. The van der Waals surface area contributed by atoms with Crippen LogP contribution < -0.4 is 10.9 Å². The highest BCUT2D eigenvalue weighted by atomic mass is 16.2. The molecule has 1 saturated carbocycles. The first kappa shape index (κ1) is 12.9. The molecule has 0 aromatic rings. The molecule has 0 bridgehead atoms. The van der Waals surface area contributed by atoms with Crippen LogP contribution in [-0.2, 0) is 9.59 Å². The van der Waals surface area contributed by atoms with Crippen molar-refractivity contribution in [3.05, 3.63) is 0 Å². The van der Waals surface area contributed by atoms with Gasteiger partial charge in [-0.3, -0.25) is 19.6 Å². The second-order valence-corrected chi connectivity index (χ2v) is 5.65. The molecule has 0 spiro atoms. The van der Waals surface area contributed by atoms with E-state index in [4.69, 9.17) is 0 Å². The van der Waals surface area contributed by atoms with Crippen LogP contribution in [0.4, 0.5) is 0 Å². The molecule has 1 aliphatic carbocycles. The average molecular weight is 266 g/mol. The van der Waals surface area contributed by atoms with Crippen LogP contribution in [-0.4, -0.2) is 48.0 Å². The molecular formula is C13H22N4O2. The summed E-state index contributed by atoms with van der Waals surface area (Å²) in [6.07, 6.45) is 4.69. The molecule has 2 heterocycles. The van der Waals surface area contributed by atoms with Crippen LogP contribution in [0.1, 0.15) is 32.1 Å². The Morgan fingerprint density at radius 3 is 1.63 bits per heavy atom. The third-order valence-electron chi connectivity index (χ3n) is 4.40. The van der Waals surface area contributed by atoms with Gasteiger partial charge in [-0.05, 0) is 25.7 Å². The number of nitrogens with one attached hydrogen (secondary N) is 2. The highest BCUT2D eigenvalue weighted by Crippen LogP contribution is 2.34. The summed E-state index contributed by atoms with van der Waals surface area (Å²) in [6.45, 7) is 3.28. The molecule has 0 unspecified atom stereocenters. The number of amides is 2. The van der Waals surface area contributed by atoms with Gasteiger partial charge in [0.25, 0.3) is 0 Å². The van der Waals surface area contributed by atoms with Crippen molar-refractivity contribution < 1.29 is 9.59 Å². The molecule has 0 radical (unpaired) electrons. The fourth-order valence-electron chi connectivity index (χ4n) is 3.39. The fourth-order valence-corrected chi connectivity index (χ4v) is 3.39. The van der Waals surface area contributed by atoms with Crippen molar-refractivity contribution in [3.63, 3.8) is 0 Å². The van der Waals surface area contributed by atoms with E-state index in [0.717, 1.165) is 58.3 Å². The minimum Gasteiger partial charge on any atom is -0.278 e.